The highest BCUT2D eigenvalue weighted by Gasteiger charge is 2.24. The summed E-state index contributed by atoms with van der Waals surface area (Å²) in [6.07, 6.45) is -0.686. The van der Waals surface area contributed by atoms with Gasteiger partial charge in [-0.1, -0.05) is 24.3 Å². The zero-order valence-electron chi connectivity index (χ0n) is 16.7. The number of carbonyl (C=O) groups excluding carboxylic acids is 3. The van der Waals surface area contributed by atoms with E-state index in [2.05, 4.69) is 5.32 Å². The van der Waals surface area contributed by atoms with Crippen molar-refractivity contribution >= 4 is 45.5 Å². The zero-order chi connectivity index (χ0) is 21.3. The minimum atomic E-state index is -0.706. The van der Waals surface area contributed by atoms with Crippen LogP contribution in [0.15, 0.2) is 34.7 Å². The number of ether oxygens (including phenoxy) is 3. The van der Waals surface area contributed by atoms with E-state index in [1.807, 2.05) is 0 Å². The molecule has 1 N–H and O–H groups in total. The summed E-state index contributed by atoms with van der Waals surface area (Å²) in [5.74, 6) is -0.965. The van der Waals surface area contributed by atoms with Crippen LogP contribution in [-0.4, -0.2) is 23.6 Å². The number of furan rings is 1. The maximum atomic E-state index is 12.4. The van der Waals surface area contributed by atoms with Gasteiger partial charge >= 0.3 is 18.0 Å². The van der Waals surface area contributed by atoms with Gasteiger partial charge in [-0.3, -0.25) is 14.9 Å². The number of rotatable bonds is 3. The van der Waals surface area contributed by atoms with Crippen molar-refractivity contribution in [1.82, 2.24) is 0 Å². The minimum Gasteiger partial charge on any atom is -0.444 e. The predicted octanol–water partition coefficient (Wildman–Crippen LogP) is 4.78. The van der Waals surface area contributed by atoms with Crippen molar-refractivity contribution in [3.63, 3.8) is 0 Å². The maximum absolute atomic E-state index is 12.4. The van der Waals surface area contributed by atoms with E-state index in [0.29, 0.717) is 21.8 Å². The van der Waals surface area contributed by atoms with Crippen molar-refractivity contribution in [2.75, 3.05) is 5.32 Å². The second-order valence-electron chi connectivity index (χ2n) is 7.37. The van der Waals surface area contributed by atoms with Crippen LogP contribution in [-0.2, 0) is 14.3 Å². The summed E-state index contributed by atoms with van der Waals surface area (Å²) in [4.78, 5) is 35.4. The molecular formula is C21H21NO7. The van der Waals surface area contributed by atoms with Crippen LogP contribution in [0.25, 0.3) is 21.7 Å². The third-order valence-corrected chi connectivity index (χ3v) is 3.74. The highest BCUT2D eigenvalue weighted by Crippen LogP contribution is 2.44. The highest BCUT2D eigenvalue weighted by molar-refractivity contribution is 6.17. The average molecular weight is 399 g/mol. The molecule has 0 radical (unpaired) electrons. The van der Waals surface area contributed by atoms with Crippen molar-refractivity contribution in [2.45, 2.75) is 40.2 Å². The summed E-state index contributed by atoms with van der Waals surface area (Å²) in [5, 5.41) is 4.19. The second-order valence-corrected chi connectivity index (χ2v) is 7.37. The van der Waals surface area contributed by atoms with Crippen molar-refractivity contribution in [3.05, 3.63) is 30.3 Å². The summed E-state index contributed by atoms with van der Waals surface area (Å²) in [6, 6.07) is 8.45. The summed E-state index contributed by atoms with van der Waals surface area (Å²) in [5.41, 5.74) is -0.218. The molecule has 0 aliphatic rings. The van der Waals surface area contributed by atoms with Gasteiger partial charge in [0.2, 0.25) is 0 Å². The van der Waals surface area contributed by atoms with Gasteiger partial charge in [0, 0.05) is 30.7 Å². The van der Waals surface area contributed by atoms with Crippen LogP contribution in [0.1, 0.15) is 34.6 Å². The van der Waals surface area contributed by atoms with Gasteiger partial charge in [-0.2, -0.15) is 0 Å². The summed E-state index contributed by atoms with van der Waals surface area (Å²) >= 11 is 0. The lowest BCUT2D eigenvalue weighted by Gasteiger charge is -2.20. The Morgan fingerprint density at radius 1 is 0.931 bits per heavy atom. The fourth-order valence-electron chi connectivity index (χ4n) is 2.86. The van der Waals surface area contributed by atoms with Crippen LogP contribution in [0, 0.1) is 0 Å². The number of hydrogen-bond acceptors (Lipinski definition) is 7. The molecular weight excluding hydrogens is 378 g/mol. The Morgan fingerprint density at radius 3 is 2.14 bits per heavy atom. The molecule has 0 aliphatic heterocycles. The van der Waals surface area contributed by atoms with Crippen molar-refractivity contribution in [2.24, 2.45) is 0 Å². The third kappa shape index (κ3) is 4.48. The Morgan fingerprint density at radius 2 is 1.55 bits per heavy atom. The number of benzene rings is 2. The Balaban J connectivity index is 2.27. The third-order valence-electron chi connectivity index (χ3n) is 3.74. The molecule has 0 atom stereocenters. The van der Waals surface area contributed by atoms with Gasteiger partial charge in [-0.15, -0.1) is 0 Å². The molecule has 1 heterocycles. The van der Waals surface area contributed by atoms with Crippen LogP contribution >= 0.6 is 0 Å². The minimum absolute atomic E-state index is 0.0940. The summed E-state index contributed by atoms with van der Waals surface area (Å²) in [7, 11) is 0. The Hall–Kier alpha value is -3.55. The molecule has 3 aromatic rings. The predicted molar refractivity (Wildman–Crippen MR) is 106 cm³/mol. The van der Waals surface area contributed by atoms with E-state index >= 15 is 0 Å². The topological polar surface area (TPSA) is 104 Å². The number of esters is 2. The SMILES string of the molecule is CC(=O)Oc1cc2c(OC(C)=O)c3ccccc3c(NC(=O)OC(C)(C)C)c2o1. The van der Waals surface area contributed by atoms with E-state index in [4.69, 9.17) is 18.6 Å². The second kappa shape index (κ2) is 7.46. The van der Waals surface area contributed by atoms with E-state index in [0.717, 1.165) is 0 Å². The van der Waals surface area contributed by atoms with Gasteiger partial charge in [0.15, 0.2) is 5.58 Å². The smallest absolute Gasteiger partial charge is 0.412 e. The normalized spacial score (nSPS) is 11.3. The molecule has 0 fully saturated rings. The molecule has 0 bridgehead atoms. The van der Waals surface area contributed by atoms with Gasteiger partial charge in [-0.05, 0) is 20.8 Å². The molecule has 29 heavy (non-hydrogen) atoms. The quantitative estimate of drug-likeness (QED) is 0.499. The maximum Gasteiger partial charge on any atom is 0.412 e. The summed E-state index contributed by atoms with van der Waals surface area (Å²) in [6.45, 7) is 7.75. The molecule has 1 aromatic heterocycles. The lowest BCUT2D eigenvalue weighted by atomic mass is 10.0. The first kappa shape index (κ1) is 20.2. The van der Waals surface area contributed by atoms with Crippen LogP contribution < -0.4 is 14.8 Å². The lowest BCUT2D eigenvalue weighted by Crippen LogP contribution is -2.27. The van der Waals surface area contributed by atoms with E-state index in [1.54, 1.807) is 45.0 Å². The van der Waals surface area contributed by atoms with Gasteiger partial charge in [0.25, 0.3) is 5.95 Å². The molecule has 0 saturated heterocycles. The molecule has 8 nitrogen and oxygen atoms in total. The Labute approximate surface area is 166 Å². The summed E-state index contributed by atoms with van der Waals surface area (Å²) < 4.78 is 21.5. The van der Waals surface area contributed by atoms with E-state index in [1.165, 1.54) is 19.9 Å². The molecule has 2 aromatic carbocycles. The van der Waals surface area contributed by atoms with Gasteiger partial charge in [0.1, 0.15) is 11.4 Å². The first-order valence-electron chi connectivity index (χ1n) is 8.90. The average Bonchev–Trinajstić information content (AvgIpc) is 2.98. The molecule has 152 valence electrons. The number of hydrogen-bond donors (Lipinski definition) is 1. The lowest BCUT2D eigenvalue weighted by molar-refractivity contribution is -0.133. The number of fused-ring (bicyclic) bond motifs is 2. The number of carbonyl (C=O) groups is 3. The van der Waals surface area contributed by atoms with Crippen LogP contribution in [0.4, 0.5) is 10.5 Å². The van der Waals surface area contributed by atoms with Crippen LogP contribution in [0.3, 0.4) is 0 Å². The molecule has 0 spiro atoms. The Bertz CT molecular complexity index is 1120. The van der Waals surface area contributed by atoms with Gasteiger partial charge in [0.05, 0.1) is 11.1 Å². The molecule has 0 saturated carbocycles. The van der Waals surface area contributed by atoms with Crippen molar-refractivity contribution in [3.8, 4) is 11.7 Å². The van der Waals surface area contributed by atoms with Crippen molar-refractivity contribution < 1.29 is 33.0 Å². The number of amides is 1. The number of anilines is 1. The van der Waals surface area contributed by atoms with Gasteiger partial charge < -0.3 is 18.6 Å². The molecule has 0 unspecified atom stereocenters. The zero-order valence-corrected chi connectivity index (χ0v) is 16.7. The molecule has 3 rings (SSSR count). The fraction of sp³-hybridized carbons (Fsp3) is 0.286. The molecule has 1 amide bonds. The number of nitrogens with one attached hydrogen (secondary N) is 1. The first-order valence-corrected chi connectivity index (χ1v) is 8.90. The van der Waals surface area contributed by atoms with E-state index < -0.39 is 23.6 Å². The molecule has 0 aliphatic carbocycles. The Kier molecular flexibility index (Phi) is 5.19. The largest absolute Gasteiger partial charge is 0.444 e. The van der Waals surface area contributed by atoms with E-state index in [-0.39, 0.29) is 17.3 Å². The van der Waals surface area contributed by atoms with Crippen LogP contribution in [0.2, 0.25) is 0 Å². The van der Waals surface area contributed by atoms with Crippen molar-refractivity contribution in [1.29, 1.82) is 0 Å². The molecule has 8 heteroatoms. The van der Waals surface area contributed by atoms with E-state index in [9.17, 15) is 14.4 Å². The first-order chi connectivity index (χ1) is 13.5. The van der Waals surface area contributed by atoms with Gasteiger partial charge in [-0.25, -0.2) is 4.79 Å². The van der Waals surface area contributed by atoms with Crippen LogP contribution in [0.5, 0.6) is 11.7 Å². The monoisotopic (exact) mass is 399 g/mol. The standard InChI is InChI=1S/C21H21NO7/c1-11(23)26-16-10-15-18(27-12(2)24)14-9-7-6-8-13(14)17(19(15)28-16)22-20(25)29-21(3,4)5/h6-10H,1-5H3,(H,22,25). The fourth-order valence-corrected chi connectivity index (χ4v) is 2.86. The highest BCUT2D eigenvalue weighted by atomic mass is 16.6.